The Morgan fingerprint density at radius 2 is 1.88 bits per heavy atom. The van der Waals surface area contributed by atoms with Gasteiger partial charge in [0.25, 0.3) is 0 Å². The molecule has 0 spiro atoms. The average Bonchev–Trinajstić information content (AvgIpc) is 2.53. The first kappa shape index (κ1) is 14.2. The summed E-state index contributed by atoms with van der Waals surface area (Å²) in [6, 6.07) is -0.383. The standard InChI is InChI=1S/C13H24N2O2/c1-6-13(5,7-2)14-10-8-11(16)15(9(3)4)12(10)17/h9-10,14H,6-8H2,1-5H3. The summed E-state index contributed by atoms with van der Waals surface area (Å²) >= 11 is 0. The minimum Gasteiger partial charge on any atom is -0.300 e. The molecule has 0 aliphatic carbocycles. The molecule has 1 atom stereocenters. The Morgan fingerprint density at radius 1 is 1.35 bits per heavy atom. The number of amides is 2. The first-order valence-corrected chi connectivity index (χ1v) is 6.48. The van der Waals surface area contributed by atoms with Crippen molar-refractivity contribution in [2.24, 2.45) is 0 Å². The maximum absolute atomic E-state index is 12.1. The second kappa shape index (κ2) is 5.17. The number of nitrogens with zero attached hydrogens (tertiary/aromatic N) is 1. The molecule has 0 aromatic heterocycles. The predicted molar refractivity (Wildman–Crippen MR) is 67.5 cm³/mol. The summed E-state index contributed by atoms with van der Waals surface area (Å²) in [6.45, 7) is 10.0. The van der Waals surface area contributed by atoms with Gasteiger partial charge in [0, 0.05) is 11.6 Å². The van der Waals surface area contributed by atoms with Crippen LogP contribution in [-0.2, 0) is 9.59 Å². The van der Waals surface area contributed by atoms with Gasteiger partial charge in [-0.25, -0.2) is 0 Å². The molecule has 1 N–H and O–H groups in total. The van der Waals surface area contributed by atoms with Crippen LogP contribution in [0.4, 0.5) is 0 Å². The normalized spacial score (nSPS) is 21.8. The summed E-state index contributed by atoms with van der Waals surface area (Å²) < 4.78 is 0. The van der Waals surface area contributed by atoms with E-state index < -0.39 is 0 Å². The van der Waals surface area contributed by atoms with E-state index in [9.17, 15) is 9.59 Å². The van der Waals surface area contributed by atoms with E-state index in [-0.39, 0.29) is 29.4 Å². The summed E-state index contributed by atoms with van der Waals surface area (Å²) in [4.78, 5) is 25.3. The number of hydrogen-bond acceptors (Lipinski definition) is 3. The Labute approximate surface area is 104 Å². The van der Waals surface area contributed by atoms with Gasteiger partial charge < -0.3 is 5.32 Å². The minimum atomic E-state index is -0.338. The van der Waals surface area contributed by atoms with Gasteiger partial charge in [0.2, 0.25) is 11.8 Å². The maximum atomic E-state index is 12.1. The zero-order valence-corrected chi connectivity index (χ0v) is 11.5. The highest BCUT2D eigenvalue weighted by Gasteiger charge is 2.41. The molecule has 0 aromatic rings. The Bertz CT molecular complexity index is 309. The average molecular weight is 240 g/mol. The highest BCUT2D eigenvalue weighted by Crippen LogP contribution is 2.21. The van der Waals surface area contributed by atoms with Gasteiger partial charge in [-0.3, -0.25) is 14.5 Å². The molecule has 0 saturated carbocycles. The molecule has 1 unspecified atom stereocenters. The van der Waals surface area contributed by atoms with Crippen LogP contribution in [0, 0.1) is 0 Å². The van der Waals surface area contributed by atoms with Crippen LogP contribution >= 0.6 is 0 Å². The second-order valence-corrected chi connectivity index (χ2v) is 5.36. The van der Waals surface area contributed by atoms with Gasteiger partial charge >= 0.3 is 0 Å². The number of carbonyl (C=O) groups excluding carboxylic acids is 2. The SMILES string of the molecule is CCC(C)(CC)NC1CC(=O)N(C(C)C)C1=O. The Hall–Kier alpha value is -0.900. The molecule has 0 radical (unpaired) electrons. The number of hydrogen-bond donors (Lipinski definition) is 1. The van der Waals surface area contributed by atoms with Crippen LogP contribution in [0.1, 0.15) is 53.9 Å². The molecule has 1 saturated heterocycles. The van der Waals surface area contributed by atoms with Crippen LogP contribution in [0.5, 0.6) is 0 Å². The van der Waals surface area contributed by atoms with Crippen molar-refractivity contribution in [2.75, 3.05) is 0 Å². The Kier molecular flexibility index (Phi) is 4.31. The minimum absolute atomic E-state index is 0.0451. The lowest BCUT2D eigenvalue weighted by molar-refractivity contribution is -0.140. The zero-order chi connectivity index (χ0) is 13.2. The molecule has 1 rings (SSSR count). The van der Waals surface area contributed by atoms with Gasteiger partial charge in [-0.1, -0.05) is 13.8 Å². The lowest BCUT2D eigenvalue weighted by Gasteiger charge is -2.31. The van der Waals surface area contributed by atoms with Crippen molar-refractivity contribution in [3.63, 3.8) is 0 Å². The maximum Gasteiger partial charge on any atom is 0.247 e. The molecule has 1 heterocycles. The lowest BCUT2D eigenvalue weighted by atomic mass is 9.94. The summed E-state index contributed by atoms with van der Waals surface area (Å²) in [7, 11) is 0. The number of likely N-dealkylation sites (tertiary alicyclic amines) is 1. The molecule has 1 fully saturated rings. The third-order valence-electron chi connectivity index (χ3n) is 3.78. The second-order valence-electron chi connectivity index (χ2n) is 5.36. The summed E-state index contributed by atoms with van der Waals surface area (Å²) in [5, 5.41) is 3.34. The van der Waals surface area contributed by atoms with Crippen LogP contribution in [0.2, 0.25) is 0 Å². The fourth-order valence-electron chi connectivity index (χ4n) is 2.18. The molecule has 0 aromatic carbocycles. The third kappa shape index (κ3) is 2.86. The van der Waals surface area contributed by atoms with Crippen LogP contribution in [0.25, 0.3) is 0 Å². The summed E-state index contributed by atoms with van der Waals surface area (Å²) in [5.41, 5.74) is -0.0619. The monoisotopic (exact) mass is 240 g/mol. The van der Waals surface area contributed by atoms with Crippen LogP contribution in [0.15, 0.2) is 0 Å². The molecular formula is C13H24N2O2. The van der Waals surface area contributed by atoms with Crippen molar-refractivity contribution in [3.05, 3.63) is 0 Å². The van der Waals surface area contributed by atoms with E-state index in [2.05, 4.69) is 26.1 Å². The van der Waals surface area contributed by atoms with Crippen molar-refractivity contribution in [3.8, 4) is 0 Å². The highest BCUT2D eigenvalue weighted by molar-refractivity contribution is 6.05. The fraction of sp³-hybridized carbons (Fsp3) is 0.846. The van der Waals surface area contributed by atoms with Crippen LogP contribution in [0.3, 0.4) is 0 Å². The van der Waals surface area contributed by atoms with Crippen molar-refractivity contribution in [1.82, 2.24) is 10.2 Å². The number of nitrogens with one attached hydrogen (secondary N) is 1. The molecular weight excluding hydrogens is 216 g/mol. The van der Waals surface area contributed by atoms with E-state index in [1.165, 1.54) is 4.90 Å². The number of imide groups is 1. The van der Waals surface area contributed by atoms with Crippen LogP contribution in [-0.4, -0.2) is 34.3 Å². The highest BCUT2D eigenvalue weighted by atomic mass is 16.2. The van der Waals surface area contributed by atoms with Gasteiger partial charge in [-0.2, -0.15) is 0 Å². The topological polar surface area (TPSA) is 49.4 Å². The molecule has 4 heteroatoms. The Morgan fingerprint density at radius 3 is 2.24 bits per heavy atom. The van der Waals surface area contributed by atoms with Crippen molar-refractivity contribution < 1.29 is 9.59 Å². The first-order valence-electron chi connectivity index (χ1n) is 6.48. The van der Waals surface area contributed by atoms with Gasteiger partial charge in [0.05, 0.1) is 12.5 Å². The summed E-state index contributed by atoms with van der Waals surface area (Å²) in [5.74, 6) is -0.129. The van der Waals surface area contributed by atoms with E-state index in [4.69, 9.17) is 0 Å². The molecule has 17 heavy (non-hydrogen) atoms. The molecule has 0 bridgehead atoms. The molecule has 2 amide bonds. The van der Waals surface area contributed by atoms with E-state index in [0.717, 1.165) is 12.8 Å². The van der Waals surface area contributed by atoms with Crippen molar-refractivity contribution >= 4 is 11.8 Å². The number of rotatable bonds is 5. The quantitative estimate of drug-likeness (QED) is 0.744. The first-order chi connectivity index (χ1) is 7.84. The Balaban J connectivity index is 2.76. The largest absolute Gasteiger partial charge is 0.300 e. The third-order valence-corrected chi connectivity index (χ3v) is 3.78. The van der Waals surface area contributed by atoms with Crippen molar-refractivity contribution in [2.45, 2.75) is 71.5 Å². The van der Waals surface area contributed by atoms with E-state index in [1.54, 1.807) is 0 Å². The van der Waals surface area contributed by atoms with Gasteiger partial charge in [0.1, 0.15) is 0 Å². The molecule has 1 aliphatic heterocycles. The van der Waals surface area contributed by atoms with Gasteiger partial charge in [-0.05, 0) is 33.6 Å². The lowest BCUT2D eigenvalue weighted by Crippen LogP contribution is -2.51. The van der Waals surface area contributed by atoms with Gasteiger partial charge in [-0.15, -0.1) is 0 Å². The smallest absolute Gasteiger partial charge is 0.247 e. The molecule has 98 valence electrons. The van der Waals surface area contributed by atoms with Crippen LogP contribution < -0.4 is 5.32 Å². The predicted octanol–water partition coefficient (Wildman–Crippen LogP) is 1.69. The fourth-order valence-corrected chi connectivity index (χ4v) is 2.18. The number of carbonyl (C=O) groups is 2. The van der Waals surface area contributed by atoms with E-state index in [0.29, 0.717) is 6.42 Å². The van der Waals surface area contributed by atoms with E-state index in [1.807, 2.05) is 13.8 Å². The zero-order valence-electron chi connectivity index (χ0n) is 11.5. The van der Waals surface area contributed by atoms with Gasteiger partial charge in [0.15, 0.2) is 0 Å². The van der Waals surface area contributed by atoms with Crippen molar-refractivity contribution in [1.29, 1.82) is 0 Å². The molecule has 1 aliphatic rings. The molecule has 4 nitrogen and oxygen atoms in total. The van der Waals surface area contributed by atoms with E-state index >= 15 is 0 Å². The summed E-state index contributed by atoms with van der Waals surface area (Å²) in [6.07, 6.45) is 2.19.